The SMILES string of the molecule is C1=CC2=CC(c3ccc4ccnnc4c3)=CCN2C=C1. The first-order chi connectivity index (χ1) is 9.90. The highest BCUT2D eigenvalue weighted by molar-refractivity contribution is 5.85. The minimum Gasteiger partial charge on any atom is -0.344 e. The van der Waals surface area contributed by atoms with Gasteiger partial charge < -0.3 is 4.90 Å². The molecule has 0 fully saturated rings. The zero-order valence-corrected chi connectivity index (χ0v) is 10.9. The fourth-order valence-electron chi connectivity index (χ4n) is 2.56. The van der Waals surface area contributed by atoms with E-state index in [4.69, 9.17) is 0 Å². The lowest BCUT2D eigenvalue weighted by Crippen LogP contribution is -2.20. The minimum atomic E-state index is 0.903. The van der Waals surface area contributed by atoms with Crippen LogP contribution in [0, 0.1) is 0 Å². The van der Waals surface area contributed by atoms with Crippen molar-refractivity contribution < 1.29 is 0 Å². The Bertz CT molecular complexity index is 797. The molecule has 0 amide bonds. The summed E-state index contributed by atoms with van der Waals surface area (Å²) < 4.78 is 0. The average molecular weight is 259 g/mol. The van der Waals surface area contributed by atoms with Crippen molar-refractivity contribution in [1.82, 2.24) is 15.1 Å². The fourth-order valence-corrected chi connectivity index (χ4v) is 2.56. The largest absolute Gasteiger partial charge is 0.344 e. The van der Waals surface area contributed by atoms with Gasteiger partial charge in [0.25, 0.3) is 0 Å². The summed E-state index contributed by atoms with van der Waals surface area (Å²) in [5, 5.41) is 9.26. The van der Waals surface area contributed by atoms with E-state index in [2.05, 4.69) is 69.9 Å². The van der Waals surface area contributed by atoms with Gasteiger partial charge in [0.1, 0.15) is 0 Å². The van der Waals surface area contributed by atoms with Crippen LogP contribution in [0.15, 0.2) is 72.7 Å². The van der Waals surface area contributed by atoms with Crippen molar-refractivity contribution in [3.8, 4) is 0 Å². The molecule has 0 saturated carbocycles. The zero-order chi connectivity index (χ0) is 13.4. The molecular weight excluding hydrogens is 246 g/mol. The second kappa shape index (κ2) is 4.46. The monoisotopic (exact) mass is 259 g/mol. The summed E-state index contributed by atoms with van der Waals surface area (Å²) in [5.41, 5.74) is 4.59. The van der Waals surface area contributed by atoms with Gasteiger partial charge in [0.15, 0.2) is 0 Å². The van der Waals surface area contributed by atoms with Crippen LogP contribution in [0.4, 0.5) is 0 Å². The Morgan fingerprint density at radius 1 is 1.10 bits per heavy atom. The Hall–Kier alpha value is -2.68. The van der Waals surface area contributed by atoms with Gasteiger partial charge in [-0.15, -0.1) is 0 Å². The van der Waals surface area contributed by atoms with Crippen LogP contribution in [0.1, 0.15) is 5.56 Å². The standard InChI is InChI=1S/C17H13N3/c1-2-9-20-10-7-15(11-16(20)3-1)14-5-4-13-6-8-18-19-17(13)12-14/h1-9,11-12H,10H2. The fraction of sp³-hybridized carbons (Fsp3) is 0.0588. The van der Waals surface area contributed by atoms with Crippen molar-refractivity contribution >= 4 is 16.5 Å². The van der Waals surface area contributed by atoms with Gasteiger partial charge in [-0.1, -0.05) is 24.3 Å². The molecule has 1 aromatic heterocycles. The highest BCUT2D eigenvalue weighted by Crippen LogP contribution is 2.27. The molecule has 1 aromatic carbocycles. The zero-order valence-electron chi connectivity index (χ0n) is 10.9. The maximum Gasteiger partial charge on any atom is 0.0935 e. The molecule has 0 aliphatic carbocycles. The van der Waals surface area contributed by atoms with Crippen LogP contribution in [0.3, 0.4) is 0 Å². The van der Waals surface area contributed by atoms with E-state index in [0.717, 1.165) is 17.4 Å². The molecule has 0 unspecified atom stereocenters. The molecule has 0 saturated heterocycles. The minimum absolute atomic E-state index is 0.903. The lowest BCUT2D eigenvalue weighted by Gasteiger charge is -2.26. The second-order valence-corrected chi connectivity index (χ2v) is 4.89. The molecule has 20 heavy (non-hydrogen) atoms. The first-order valence-corrected chi connectivity index (χ1v) is 6.65. The Labute approximate surface area is 117 Å². The third kappa shape index (κ3) is 1.84. The summed E-state index contributed by atoms with van der Waals surface area (Å²) in [5.74, 6) is 0. The summed E-state index contributed by atoms with van der Waals surface area (Å²) in [6.07, 6.45) is 14.5. The maximum absolute atomic E-state index is 4.18. The highest BCUT2D eigenvalue weighted by Gasteiger charge is 2.12. The first-order valence-electron chi connectivity index (χ1n) is 6.65. The average Bonchev–Trinajstić information content (AvgIpc) is 2.54. The normalized spacial score (nSPS) is 16.9. The molecule has 0 bridgehead atoms. The quantitative estimate of drug-likeness (QED) is 0.787. The molecule has 4 rings (SSSR count). The van der Waals surface area contributed by atoms with E-state index >= 15 is 0 Å². The van der Waals surface area contributed by atoms with Gasteiger partial charge in [0.05, 0.1) is 11.7 Å². The molecule has 2 aliphatic rings. The molecule has 2 aliphatic heterocycles. The van der Waals surface area contributed by atoms with E-state index in [9.17, 15) is 0 Å². The van der Waals surface area contributed by atoms with E-state index < -0.39 is 0 Å². The van der Waals surface area contributed by atoms with Crippen molar-refractivity contribution in [2.45, 2.75) is 0 Å². The molecule has 3 heterocycles. The number of rotatable bonds is 1. The van der Waals surface area contributed by atoms with Crippen LogP contribution >= 0.6 is 0 Å². The number of aromatic nitrogens is 2. The third-order valence-corrected chi connectivity index (χ3v) is 3.64. The van der Waals surface area contributed by atoms with E-state index in [1.54, 1.807) is 6.20 Å². The topological polar surface area (TPSA) is 29.0 Å². The summed E-state index contributed by atoms with van der Waals surface area (Å²) in [6.45, 7) is 0.903. The summed E-state index contributed by atoms with van der Waals surface area (Å²) in [4.78, 5) is 2.23. The van der Waals surface area contributed by atoms with E-state index in [1.807, 2.05) is 6.07 Å². The van der Waals surface area contributed by atoms with Crippen molar-refractivity contribution in [3.05, 3.63) is 78.3 Å². The number of allylic oxidation sites excluding steroid dienone is 5. The Kier molecular flexibility index (Phi) is 2.49. The molecule has 3 heteroatoms. The summed E-state index contributed by atoms with van der Waals surface area (Å²) in [7, 11) is 0. The number of hydrogen-bond acceptors (Lipinski definition) is 3. The van der Waals surface area contributed by atoms with Crippen LogP contribution in [0.5, 0.6) is 0 Å². The Morgan fingerprint density at radius 3 is 3.10 bits per heavy atom. The number of fused-ring (bicyclic) bond motifs is 2. The molecule has 0 spiro atoms. The lowest BCUT2D eigenvalue weighted by atomic mass is 9.99. The molecule has 0 N–H and O–H groups in total. The summed E-state index contributed by atoms with van der Waals surface area (Å²) >= 11 is 0. The smallest absolute Gasteiger partial charge is 0.0935 e. The van der Waals surface area contributed by atoms with Gasteiger partial charge in [0.2, 0.25) is 0 Å². The van der Waals surface area contributed by atoms with Crippen LogP contribution in [0.25, 0.3) is 16.5 Å². The van der Waals surface area contributed by atoms with Gasteiger partial charge >= 0.3 is 0 Å². The van der Waals surface area contributed by atoms with E-state index in [1.165, 1.54) is 16.8 Å². The molecule has 3 nitrogen and oxygen atoms in total. The molecule has 96 valence electrons. The van der Waals surface area contributed by atoms with E-state index in [-0.39, 0.29) is 0 Å². The second-order valence-electron chi connectivity index (χ2n) is 4.89. The van der Waals surface area contributed by atoms with Crippen LogP contribution < -0.4 is 0 Å². The third-order valence-electron chi connectivity index (χ3n) is 3.64. The van der Waals surface area contributed by atoms with Crippen LogP contribution in [-0.4, -0.2) is 21.6 Å². The first kappa shape index (κ1) is 11.2. The number of benzene rings is 1. The Morgan fingerprint density at radius 2 is 2.10 bits per heavy atom. The molecule has 0 radical (unpaired) electrons. The molecular formula is C17H13N3. The van der Waals surface area contributed by atoms with E-state index in [0.29, 0.717) is 0 Å². The van der Waals surface area contributed by atoms with Crippen molar-refractivity contribution in [1.29, 1.82) is 0 Å². The number of nitrogens with zero attached hydrogens (tertiary/aromatic N) is 3. The maximum atomic E-state index is 4.18. The van der Waals surface area contributed by atoms with Crippen molar-refractivity contribution in [3.63, 3.8) is 0 Å². The highest BCUT2D eigenvalue weighted by atomic mass is 15.1. The van der Waals surface area contributed by atoms with Crippen molar-refractivity contribution in [2.75, 3.05) is 6.54 Å². The summed E-state index contributed by atoms with van der Waals surface area (Å²) in [6, 6.07) is 8.33. The molecule has 2 aromatic rings. The van der Waals surface area contributed by atoms with Gasteiger partial charge in [-0.05, 0) is 41.5 Å². The van der Waals surface area contributed by atoms with Crippen LogP contribution in [-0.2, 0) is 0 Å². The van der Waals surface area contributed by atoms with Gasteiger partial charge in [0, 0.05) is 23.8 Å². The predicted octanol–water partition coefficient (Wildman–Crippen LogP) is 3.30. The van der Waals surface area contributed by atoms with Crippen LogP contribution in [0.2, 0.25) is 0 Å². The van der Waals surface area contributed by atoms with Gasteiger partial charge in [-0.2, -0.15) is 10.2 Å². The lowest BCUT2D eigenvalue weighted by molar-refractivity contribution is 0.525. The van der Waals surface area contributed by atoms with Gasteiger partial charge in [-0.25, -0.2) is 0 Å². The molecule has 0 atom stereocenters. The van der Waals surface area contributed by atoms with Gasteiger partial charge in [-0.3, -0.25) is 0 Å². The number of hydrogen-bond donors (Lipinski definition) is 0. The van der Waals surface area contributed by atoms with Crippen molar-refractivity contribution in [2.24, 2.45) is 0 Å². The Balaban J connectivity index is 1.76. The predicted molar refractivity (Wildman–Crippen MR) is 80.6 cm³/mol.